The fourth-order valence-corrected chi connectivity index (χ4v) is 3.63. The molecule has 1 aromatic carbocycles. The highest BCUT2D eigenvalue weighted by Gasteiger charge is 2.39. The second kappa shape index (κ2) is 6.93. The summed E-state index contributed by atoms with van der Waals surface area (Å²) in [6, 6.07) is 8.18. The molecule has 1 aliphatic carbocycles. The molecule has 2 aromatic heterocycles. The zero-order valence-corrected chi connectivity index (χ0v) is 16.9. The Morgan fingerprint density at radius 1 is 1.14 bits per heavy atom. The summed E-state index contributed by atoms with van der Waals surface area (Å²) in [6.45, 7) is 9.22. The van der Waals surface area contributed by atoms with Crippen molar-refractivity contribution < 1.29 is 9.21 Å². The van der Waals surface area contributed by atoms with Crippen molar-refractivity contribution in [3.63, 3.8) is 0 Å². The fraction of sp³-hybridized carbons (Fsp3) is 0.409. The van der Waals surface area contributed by atoms with E-state index in [1.54, 1.807) is 0 Å². The van der Waals surface area contributed by atoms with E-state index in [9.17, 15) is 4.79 Å². The summed E-state index contributed by atoms with van der Waals surface area (Å²) in [5, 5.41) is 4.16. The first-order valence-corrected chi connectivity index (χ1v) is 9.92. The van der Waals surface area contributed by atoms with Gasteiger partial charge in [-0.05, 0) is 37.8 Å². The number of hydrogen-bond acceptors (Lipinski definition) is 5. The number of carbonyl (C=O) groups excluding carboxylic acids is 1. The molecule has 0 radical (unpaired) electrons. The Bertz CT molecular complexity index is 1010. The molecule has 5 rings (SSSR count). The molecule has 1 amide bonds. The van der Waals surface area contributed by atoms with Crippen LogP contribution in [0.5, 0.6) is 0 Å². The van der Waals surface area contributed by atoms with Crippen molar-refractivity contribution in [3.8, 4) is 0 Å². The number of nitrogens with one attached hydrogen (secondary N) is 1. The fourth-order valence-electron chi connectivity index (χ4n) is 3.63. The maximum Gasteiger partial charge on any atom is 0.258 e. The molecule has 6 heteroatoms. The Morgan fingerprint density at radius 3 is 2.39 bits per heavy atom. The van der Waals surface area contributed by atoms with Crippen molar-refractivity contribution in [3.05, 3.63) is 53.0 Å². The molecule has 0 bridgehead atoms. The van der Waals surface area contributed by atoms with Crippen molar-refractivity contribution in [1.29, 1.82) is 0 Å². The number of nitrogens with zero attached hydrogens (tertiary/aromatic N) is 3. The lowest BCUT2D eigenvalue weighted by atomic mass is 10.1. The van der Waals surface area contributed by atoms with Crippen molar-refractivity contribution in [2.75, 3.05) is 5.32 Å². The highest BCUT2D eigenvalue weighted by Crippen LogP contribution is 2.40. The average molecular weight is 378 g/mol. The standard InChI is InChI=1S/C20H20N4O2.C2H6/c1-12-15(19(25)24-9-13-5-3-4-6-14(13)10-24)16-17(23-20(2)7-8-20)21-11-22-18(16)26-12;1-2/h3-6,11H,7-10H2,1-2H3,(H,21,22,23);1-2H3. The average Bonchev–Trinajstić information content (AvgIpc) is 3.14. The normalized spacial score (nSPS) is 16.4. The van der Waals surface area contributed by atoms with Crippen LogP contribution in [-0.4, -0.2) is 26.3 Å². The third kappa shape index (κ3) is 3.13. The van der Waals surface area contributed by atoms with Crippen LogP contribution in [0.25, 0.3) is 11.1 Å². The van der Waals surface area contributed by atoms with Crippen LogP contribution in [0.4, 0.5) is 5.82 Å². The number of anilines is 1. The molecule has 3 heterocycles. The second-order valence-corrected chi connectivity index (χ2v) is 7.55. The van der Waals surface area contributed by atoms with Crippen LogP contribution in [0, 0.1) is 6.92 Å². The first kappa shape index (κ1) is 18.5. The highest BCUT2D eigenvalue weighted by atomic mass is 16.3. The molecule has 1 saturated carbocycles. The first-order valence-electron chi connectivity index (χ1n) is 9.92. The van der Waals surface area contributed by atoms with Crippen LogP contribution >= 0.6 is 0 Å². The SMILES string of the molecule is CC.Cc1oc2ncnc(NC3(C)CC3)c2c1C(=O)N1Cc2ccccc2C1. The molecule has 0 saturated heterocycles. The smallest absolute Gasteiger partial charge is 0.258 e. The quantitative estimate of drug-likeness (QED) is 0.717. The summed E-state index contributed by atoms with van der Waals surface area (Å²) in [7, 11) is 0. The van der Waals surface area contributed by atoms with Gasteiger partial charge in [0.15, 0.2) is 0 Å². The zero-order chi connectivity index (χ0) is 19.9. The van der Waals surface area contributed by atoms with Gasteiger partial charge in [-0.3, -0.25) is 4.79 Å². The van der Waals surface area contributed by atoms with Gasteiger partial charge in [0.2, 0.25) is 5.71 Å². The lowest BCUT2D eigenvalue weighted by molar-refractivity contribution is 0.0751. The minimum atomic E-state index is -0.0312. The lowest BCUT2D eigenvalue weighted by Crippen LogP contribution is -2.26. The van der Waals surface area contributed by atoms with Gasteiger partial charge in [-0.15, -0.1) is 0 Å². The van der Waals surface area contributed by atoms with Gasteiger partial charge in [-0.2, -0.15) is 0 Å². The highest BCUT2D eigenvalue weighted by molar-refractivity contribution is 6.10. The molecule has 146 valence electrons. The summed E-state index contributed by atoms with van der Waals surface area (Å²) >= 11 is 0. The number of benzene rings is 1. The topological polar surface area (TPSA) is 71.3 Å². The summed E-state index contributed by atoms with van der Waals surface area (Å²) in [5.74, 6) is 1.24. The monoisotopic (exact) mass is 378 g/mol. The number of fused-ring (bicyclic) bond motifs is 2. The molecule has 3 aromatic rings. The van der Waals surface area contributed by atoms with Crippen molar-refractivity contribution in [2.45, 2.75) is 59.2 Å². The number of aryl methyl sites for hydroxylation is 1. The minimum absolute atomic E-state index is 0.0312. The third-order valence-corrected chi connectivity index (χ3v) is 5.43. The van der Waals surface area contributed by atoms with E-state index >= 15 is 0 Å². The van der Waals surface area contributed by atoms with E-state index in [4.69, 9.17) is 4.42 Å². The molecular formula is C22H26N4O2. The molecular weight excluding hydrogens is 352 g/mol. The first-order chi connectivity index (χ1) is 13.5. The molecule has 1 fully saturated rings. The van der Waals surface area contributed by atoms with E-state index < -0.39 is 0 Å². The Morgan fingerprint density at radius 2 is 1.79 bits per heavy atom. The predicted octanol–water partition coefficient (Wildman–Crippen LogP) is 4.68. The molecule has 1 aliphatic heterocycles. The number of carbonyl (C=O) groups is 1. The molecule has 28 heavy (non-hydrogen) atoms. The molecule has 6 nitrogen and oxygen atoms in total. The van der Waals surface area contributed by atoms with Crippen LogP contribution in [0.15, 0.2) is 35.0 Å². The number of hydrogen-bond donors (Lipinski definition) is 1. The molecule has 2 aliphatic rings. The van der Waals surface area contributed by atoms with Gasteiger partial charge < -0.3 is 14.6 Å². The maximum atomic E-state index is 13.3. The summed E-state index contributed by atoms with van der Waals surface area (Å²) in [6.07, 6.45) is 3.68. The predicted molar refractivity (Wildman–Crippen MR) is 109 cm³/mol. The van der Waals surface area contributed by atoms with E-state index in [2.05, 4.69) is 34.3 Å². The van der Waals surface area contributed by atoms with E-state index in [0.717, 1.165) is 12.8 Å². The van der Waals surface area contributed by atoms with Crippen LogP contribution in [0.1, 0.15) is 60.9 Å². The second-order valence-electron chi connectivity index (χ2n) is 7.55. The number of amides is 1. The Kier molecular flexibility index (Phi) is 4.57. The molecule has 0 atom stereocenters. The lowest BCUT2D eigenvalue weighted by Gasteiger charge is -2.17. The zero-order valence-electron chi connectivity index (χ0n) is 16.9. The van der Waals surface area contributed by atoms with Gasteiger partial charge in [-0.1, -0.05) is 38.1 Å². The van der Waals surface area contributed by atoms with E-state index in [1.165, 1.54) is 17.5 Å². The van der Waals surface area contributed by atoms with Gasteiger partial charge in [0.1, 0.15) is 17.9 Å². The van der Waals surface area contributed by atoms with Gasteiger partial charge in [0.05, 0.1) is 10.9 Å². The summed E-state index contributed by atoms with van der Waals surface area (Å²) < 4.78 is 5.79. The van der Waals surface area contributed by atoms with E-state index in [0.29, 0.717) is 41.3 Å². The minimum Gasteiger partial charge on any atom is -0.442 e. The van der Waals surface area contributed by atoms with E-state index in [-0.39, 0.29) is 11.4 Å². The van der Waals surface area contributed by atoms with Gasteiger partial charge in [0, 0.05) is 18.6 Å². The molecule has 0 unspecified atom stereocenters. The van der Waals surface area contributed by atoms with Crippen LogP contribution in [0.3, 0.4) is 0 Å². The third-order valence-electron chi connectivity index (χ3n) is 5.43. The van der Waals surface area contributed by atoms with Gasteiger partial charge >= 0.3 is 0 Å². The van der Waals surface area contributed by atoms with Crippen molar-refractivity contribution in [1.82, 2.24) is 14.9 Å². The Hall–Kier alpha value is -2.89. The van der Waals surface area contributed by atoms with Crippen molar-refractivity contribution in [2.24, 2.45) is 0 Å². The van der Waals surface area contributed by atoms with Crippen LogP contribution in [-0.2, 0) is 13.1 Å². The number of furan rings is 1. The molecule has 0 spiro atoms. The van der Waals surface area contributed by atoms with E-state index in [1.807, 2.05) is 37.8 Å². The largest absolute Gasteiger partial charge is 0.442 e. The Balaban J connectivity index is 0.000000932. The maximum absolute atomic E-state index is 13.3. The summed E-state index contributed by atoms with van der Waals surface area (Å²) in [4.78, 5) is 23.8. The number of aromatic nitrogens is 2. The van der Waals surface area contributed by atoms with Crippen LogP contribution < -0.4 is 5.32 Å². The van der Waals surface area contributed by atoms with Crippen molar-refractivity contribution >= 4 is 22.8 Å². The Labute approximate surface area is 165 Å². The molecule has 1 N–H and O–H groups in total. The van der Waals surface area contributed by atoms with Crippen LogP contribution in [0.2, 0.25) is 0 Å². The summed E-state index contributed by atoms with van der Waals surface area (Å²) in [5.41, 5.74) is 3.48. The van der Waals surface area contributed by atoms with Gasteiger partial charge in [0.25, 0.3) is 5.91 Å². The van der Waals surface area contributed by atoms with Gasteiger partial charge in [-0.25, -0.2) is 9.97 Å². The number of rotatable bonds is 3.